The monoisotopic (exact) mass is 310 g/mol. The molecule has 2 amide bonds. The van der Waals surface area contributed by atoms with Crippen molar-refractivity contribution in [2.24, 2.45) is 11.3 Å². The van der Waals surface area contributed by atoms with Gasteiger partial charge in [0.2, 0.25) is 11.8 Å². The number of fused-ring (bicyclic) bond motifs is 1. The molecule has 6 nitrogen and oxygen atoms in total. The quantitative estimate of drug-likeness (QED) is 0.803. The van der Waals surface area contributed by atoms with Crippen LogP contribution < -0.4 is 0 Å². The van der Waals surface area contributed by atoms with Gasteiger partial charge in [-0.15, -0.1) is 0 Å². The van der Waals surface area contributed by atoms with Gasteiger partial charge in [-0.1, -0.05) is 6.42 Å². The van der Waals surface area contributed by atoms with Gasteiger partial charge in [0.15, 0.2) is 0 Å². The Morgan fingerprint density at radius 1 is 1.23 bits per heavy atom. The number of hydrogen-bond donors (Lipinski definition) is 1. The van der Waals surface area contributed by atoms with Gasteiger partial charge in [0.25, 0.3) is 0 Å². The Morgan fingerprint density at radius 2 is 1.91 bits per heavy atom. The molecule has 1 saturated heterocycles. The lowest BCUT2D eigenvalue weighted by molar-refractivity contribution is -0.149. The maximum atomic E-state index is 12.3. The van der Waals surface area contributed by atoms with E-state index >= 15 is 0 Å². The standard InChI is InChI=1S/C16H26N2O4/c1-3-17(4-2)13(19)7-8-14(20)18-10-12-6-5-9-16(12,11-18)15(21)22/h12H,3-11H2,1-2H3,(H,21,22)/t12-,16+/m0/s1. The first-order valence-electron chi connectivity index (χ1n) is 8.23. The zero-order chi connectivity index (χ0) is 16.3. The fourth-order valence-electron chi connectivity index (χ4n) is 3.94. The van der Waals surface area contributed by atoms with E-state index in [2.05, 4.69) is 0 Å². The number of likely N-dealkylation sites (tertiary alicyclic amines) is 1. The van der Waals surface area contributed by atoms with Gasteiger partial charge in [0.1, 0.15) is 0 Å². The molecule has 0 aromatic rings. The lowest BCUT2D eigenvalue weighted by Crippen LogP contribution is -2.37. The van der Waals surface area contributed by atoms with Crippen molar-refractivity contribution in [1.29, 1.82) is 0 Å². The van der Waals surface area contributed by atoms with Crippen LogP contribution >= 0.6 is 0 Å². The number of carbonyl (C=O) groups is 3. The molecule has 0 aromatic heterocycles. The van der Waals surface area contributed by atoms with Crippen molar-refractivity contribution in [3.8, 4) is 0 Å². The first-order valence-corrected chi connectivity index (χ1v) is 8.23. The predicted octanol–water partition coefficient (Wildman–Crippen LogP) is 1.35. The minimum absolute atomic E-state index is 0.00862. The highest BCUT2D eigenvalue weighted by molar-refractivity contribution is 5.85. The molecule has 0 aromatic carbocycles. The van der Waals surface area contributed by atoms with E-state index in [-0.39, 0.29) is 30.6 Å². The summed E-state index contributed by atoms with van der Waals surface area (Å²) >= 11 is 0. The van der Waals surface area contributed by atoms with E-state index in [4.69, 9.17) is 0 Å². The highest BCUT2D eigenvalue weighted by Gasteiger charge is 2.55. The van der Waals surface area contributed by atoms with Gasteiger partial charge in [-0.3, -0.25) is 14.4 Å². The fourth-order valence-corrected chi connectivity index (χ4v) is 3.94. The topological polar surface area (TPSA) is 77.9 Å². The number of carboxylic acid groups (broad SMARTS) is 1. The predicted molar refractivity (Wildman–Crippen MR) is 81.2 cm³/mol. The first kappa shape index (κ1) is 16.8. The van der Waals surface area contributed by atoms with E-state index in [0.717, 1.165) is 12.8 Å². The van der Waals surface area contributed by atoms with Crippen molar-refractivity contribution in [1.82, 2.24) is 9.80 Å². The van der Waals surface area contributed by atoms with E-state index in [9.17, 15) is 19.5 Å². The summed E-state index contributed by atoms with van der Waals surface area (Å²) in [7, 11) is 0. The van der Waals surface area contributed by atoms with Crippen LogP contribution in [0.2, 0.25) is 0 Å². The van der Waals surface area contributed by atoms with Crippen LogP contribution in [0.15, 0.2) is 0 Å². The van der Waals surface area contributed by atoms with Gasteiger partial charge < -0.3 is 14.9 Å². The smallest absolute Gasteiger partial charge is 0.311 e. The first-order chi connectivity index (χ1) is 10.4. The van der Waals surface area contributed by atoms with Crippen LogP contribution in [0.5, 0.6) is 0 Å². The van der Waals surface area contributed by atoms with E-state index in [1.807, 2.05) is 13.8 Å². The number of nitrogens with zero attached hydrogens (tertiary/aromatic N) is 2. The van der Waals surface area contributed by atoms with Crippen molar-refractivity contribution in [3.05, 3.63) is 0 Å². The number of amides is 2. The zero-order valence-electron chi connectivity index (χ0n) is 13.5. The van der Waals surface area contributed by atoms with Crippen molar-refractivity contribution >= 4 is 17.8 Å². The summed E-state index contributed by atoms with van der Waals surface area (Å²) in [6.45, 7) is 5.98. The minimum Gasteiger partial charge on any atom is -0.481 e. The number of hydrogen-bond acceptors (Lipinski definition) is 3. The molecule has 1 aliphatic heterocycles. The molecule has 2 aliphatic rings. The minimum atomic E-state index is -0.774. The summed E-state index contributed by atoms with van der Waals surface area (Å²) in [6.07, 6.45) is 2.86. The third-order valence-electron chi connectivity index (χ3n) is 5.32. The summed E-state index contributed by atoms with van der Waals surface area (Å²) in [4.78, 5) is 39.2. The molecule has 0 bridgehead atoms. The maximum absolute atomic E-state index is 12.3. The summed E-state index contributed by atoms with van der Waals surface area (Å²) in [5.41, 5.74) is -0.738. The second kappa shape index (κ2) is 6.67. The van der Waals surface area contributed by atoms with Crippen molar-refractivity contribution in [2.75, 3.05) is 26.2 Å². The second-order valence-electron chi connectivity index (χ2n) is 6.39. The van der Waals surface area contributed by atoms with Gasteiger partial charge in [-0.2, -0.15) is 0 Å². The van der Waals surface area contributed by atoms with Crippen molar-refractivity contribution in [2.45, 2.75) is 46.0 Å². The average molecular weight is 310 g/mol. The molecule has 0 spiro atoms. The molecule has 1 saturated carbocycles. The fraction of sp³-hybridized carbons (Fsp3) is 0.812. The van der Waals surface area contributed by atoms with E-state index in [0.29, 0.717) is 32.6 Å². The van der Waals surface area contributed by atoms with Gasteiger partial charge in [-0.05, 0) is 32.6 Å². The lowest BCUT2D eigenvalue weighted by atomic mass is 9.81. The summed E-state index contributed by atoms with van der Waals surface area (Å²) in [5, 5.41) is 9.53. The third kappa shape index (κ3) is 2.96. The third-order valence-corrected chi connectivity index (χ3v) is 5.32. The highest BCUT2D eigenvalue weighted by Crippen LogP contribution is 2.48. The van der Waals surface area contributed by atoms with Gasteiger partial charge >= 0.3 is 5.97 Å². The van der Waals surface area contributed by atoms with Crippen LogP contribution in [-0.2, 0) is 14.4 Å². The molecule has 0 radical (unpaired) electrons. The molecule has 2 atom stereocenters. The summed E-state index contributed by atoms with van der Waals surface area (Å²) < 4.78 is 0. The molecule has 1 N–H and O–H groups in total. The molecule has 2 rings (SSSR count). The number of carbonyl (C=O) groups excluding carboxylic acids is 2. The average Bonchev–Trinajstić information content (AvgIpc) is 3.03. The van der Waals surface area contributed by atoms with Gasteiger partial charge in [0, 0.05) is 39.0 Å². The number of aliphatic carboxylic acids is 1. The number of carboxylic acids is 1. The lowest BCUT2D eigenvalue weighted by Gasteiger charge is -2.23. The Morgan fingerprint density at radius 3 is 2.45 bits per heavy atom. The highest BCUT2D eigenvalue weighted by atomic mass is 16.4. The van der Waals surface area contributed by atoms with Crippen LogP contribution in [0.4, 0.5) is 0 Å². The van der Waals surface area contributed by atoms with Crippen molar-refractivity contribution < 1.29 is 19.5 Å². The zero-order valence-corrected chi connectivity index (χ0v) is 13.5. The van der Waals surface area contributed by atoms with Crippen molar-refractivity contribution in [3.63, 3.8) is 0 Å². The molecule has 6 heteroatoms. The molecular weight excluding hydrogens is 284 g/mol. The van der Waals surface area contributed by atoms with Gasteiger partial charge in [0.05, 0.1) is 5.41 Å². The Balaban J connectivity index is 1.90. The normalized spacial score (nSPS) is 26.8. The van der Waals surface area contributed by atoms with Crippen LogP contribution in [0.1, 0.15) is 46.0 Å². The Bertz CT molecular complexity index is 461. The van der Waals surface area contributed by atoms with Crippen LogP contribution in [0.3, 0.4) is 0 Å². The summed E-state index contributed by atoms with van der Waals surface area (Å²) in [6, 6.07) is 0. The van der Waals surface area contributed by atoms with Crippen LogP contribution in [0.25, 0.3) is 0 Å². The second-order valence-corrected chi connectivity index (χ2v) is 6.39. The van der Waals surface area contributed by atoms with Crippen LogP contribution in [0, 0.1) is 11.3 Å². The van der Waals surface area contributed by atoms with E-state index in [1.165, 1.54) is 0 Å². The summed E-state index contributed by atoms with van der Waals surface area (Å²) in [5.74, 6) is -0.793. The van der Waals surface area contributed by atoms with Gasteiger partial charge in [-0.25, -0.2) is 0 Å². The molecular formula is C16H26N2O4. The molecule has 0 unspecified atom stereocenters. The molecule has 1 heterocycles. The molecule has 2 fully saturated rings. The Kier molecular flexibility index (Phi) is 5.08. The molecule has 1 aliphatic carbocycles. The Hall–Kier alpha value is -1.59. The largest absolute Gasteiger partial charge is 0.481 e. The number of rotatable bonds is 6. The SMILES string of the molecule is CCN(CC)C(=O)CCC(=O)N1C[C@@H]2CCC[C@@]2(C(=O)O)C1. The van der Waals surface area contributed by atoms with E-state index < -0.39 is 11.4 Å². The Labute approximate surface area is 131 Å². The molecule has 124 valence electrons. The van der Waals surface area contributed by atoms with Crippen LogP contribution in [-0.4, -0.2) is 58.9 Å². The maximum Gasteiger partial charge on any atom is 0.311 e. The van der Waals surface area contributed by atoms with E-state index in [1.54, 1.807) is 9.80 Å². The molecule has 22 heavy (non-hydrogen) atoms.